The van der Waals surface area contributed by atoms with Crippen molar-refractivity contribution in [3.8, 4) is 0 Å². The van der Waals surface area contributed by atoms with Gasteiger partial charge in [-0.25, -0.2) is 0 Å². The average molecular weight is 305 g/mol. The largest absolute Gasteiger partial charge is 0.481 e. The molecule has 2 rings (SSSR count). The lowest BCUT2D eigenvalue weighted by atomic mass is 10.1. The third kappa shape index (κ3) is 4.57. The van der Waals surface area contributed by atoms with E-state index in [2.05, 4.69) is 0 Å². The maximum atomic E-state index is 12.3. The zero-order chi connectivity index (χ0) is 13.7. The third-order valence-corrected chi connectivity index (χ3v) is 6.09. The summed E-state index contributed by atoms with van der Waals surface area (Å²) in [5.41, 5.74) is 0. The number of carbonyl (C=O) groups is 2. The van der Waals surface area contributed by atoms with Crippen molar-refractivity contribution in [1.29, 1.82) is 0 Å². The molecule has 0 spiro atoms. The molecule has 0 aliphatic carbocycles. The molecule has 7 heteroatoms. The molecule has 1 amide bonds. The molecular formula is C12H19NO4S2. The van der Waals surface area contributed by atoms with Crippen molar-refractivity contribution in [2.75, 3.05) is 37.0 Å². The molecule has 0 bridgehead atoms. The number of rotatable bonds is 4. The smallest absolute Gasteiger partial charge is 0.305 e. The predicted octanol–water partition coefficient (Wildman–Crippen LogP) is 0.927. The minimum Gasteiger partial charge on any atom is -0.481 e. The van der Waals surface area contributed by atoms with E-state index in [1.54, 1.807) is 4.90 Å². The van der Waals surface area contributed by atoms with E-state index in [9.17, 15) is 9.59 Å². The maximum absolute atomic E-state index is 12.3. The van der Waals surface area contributed by atoms with Crippen molar-refractivity contribution >= 4 is 35.4 Å². The zero-order valence-corrected chi connectivity index (χ0v) is 12.4. The number of thioether (sulfide) groups is 2. The molecule has 2 atom stereocenters. The first-order chi connectivity index (χ1) is 9.16. The summed E-state index contributed by atoms with van der Waals surface area (Å²) in [7, 11) is 0. The Morgan fingerprint density at radius 2 is 2.16 bits per heavy atom. The van der Waals surface area contributed by atoms with Crippen molar-refractivity contribution in [3.63, 3.8) is 0 Å². The van der Waals surface area contributed by atoms with E-state index < -0.39 is 5.97 Å². The Hall–Kier alpha value is -0.400. The fourth-order valence-corrected chi connectivity index (χ4v) is 4.99. The van der Waals surface area contributed by atoms with Gasteiger partial charge in [0.15, 0.2) is 0 Å². The quantitative estimate of drug-likeness (QED) is 0.833. The number of carbonyl (C=O) groups excluding carboxylic acids is 1. The summed E-state index contributed by atoms with van der Waals surface area (Å²) in [5, 5.41) is 9.26. The van der Waals surface area contributed by atoms with Gasteiger partial charge >= 0.3 is 5.97 Å². The summed E-state index contributed by atoms with van der Waals surface area (Å²) in [6, 6.07) is -0.306. The van der Waals surface area contributed by atoms with Crippen LogP contribution in [-0.4, -0.2) is 70.2 Å². The van der Waals surface area contributed by atoms with E-state index in [-0.39, 0.29) is 18.4 Å². The Bertz CT molecular complexity index is 334. The van der Waals surface area contributed by atoms with Crippen molar-refractivity contribution < 1.29 is 19.4 Å². The van der Waals surface area contributed by atoms with Gasteiger partial charge in [-0.1, -0.05) is 0 Å². The molecule has 2 aliphatic heterocycles. The Balaban J connectivity index is 1.88. The van der Waals surface area contributed by atoms with E-state index in [4.69, 9.17) is 9.84 Å². The Morgan fingerprint density at radius 3 is 2.84 bits per heavy atom. The summed E-state index contributed by atoms with van der Waals surface area (Å²) in [4.78, 5) is 24.8. The van der Waals surface area contributed by atoms with Crippen LogP contribution in [0, 0.1) is 0 Å². The van der Waals surface area contributed by atoms with Gasteiger partial charge in [0, 0.05) is 35.5 Å². The van der Waals surface area contributed by atoms with Gasteiger partial charge in [-0.15, -0.1) is 0 Å². The molecule has 2 fully saturated rings. The molecule has 19 heavy (non-hydrogen) atoms. The summed E-state index contributed by atoms with van der Waals surface area (Å²) in [5.74, 6) is 2.48. The molecule has 0 aromatic carbocycles. The SMILES string of the molecule is O=C(O)CC1COCCN1C(=O)CC1CSCCS1. The summed E-state index contributed by atoms with van der Waals surface area (Å²) >= 11 is 3.75. The summed E-state index contributed by atoms with van der Waals surface area (Å²) < 4.78 is 5.29. The van der Waals surface area contributed by atoms with Gasteiger partial charge in [0.05, 0.1) is 25.7 Å². The maximum Gasteiger partial charge on any atom is 0.305 e. The highest BCUT2D eigenvalue weighted by molar-refractivity contribution is 8.06. The van der Waals surface area contributed by atoms with Gasteiger partial charge in [0.2, 0.25) is 5.91 Å². The number of nitrogens with zero attached hydrogens (tertiary/aromatic N) is 1. The Kier molecular flexibility index (Phi) is 5.84. The number of hydrogen-bond donors (Lipinski definition) is 1. The van der Waals surface area contributed by atoms with Crippen LogP contribution in [0.25, 0.3) is 0 Å². The van der Waals surface area contributed by atoms with Crippen LogP contribution in [0.5, 0.6) is 0 Å². The lowest BCUT2D eigenvalue weighted by molar-refractivity contribution is -0.146. The highest BCUT2D eigenvalue weighted by Crippen LogP contribution is 2.27. The molecule has 0 radical (unpaired) electrons. The monoisotopic (exact) mass is 305 g/mol. The number of morpholine rings is 1. The molecule has 2 heterocycles. The number of amides is 1. The highest BCUT2D eigenvalue weighted by Gasteiger charge is 2.30. The van der Waals surface area contributed by atoms with Gasteiger partial charge in [0.25, 0.3) is 0 Å². The van der Waals surface area contributed by atoms with Crippen LogP contribution in [0.1, 0.15) is 12.8 Å². The van der Waals surface area contributed by atoms with Crippen LogP contribution in [0.4, 0.5) is 0 Å². The fraction of sp³-hybridized carbons (Fsp3) is 0.833. The highest BCUT2D eigenvalue weighted by atomic mass is 32.2. The fourth-order valence-electron chi connectivity index (χ4n) is 2.32. The molecular weight excluding hydrogens is 286 g/mol. The van der Waals surface area contributed by atoms with Gasteiger partial charge in [-0.2, -0.15) is 23.5 Å². The number of carboxylic acid groups (broad SMARTS) is 1. The third-order valence-electron chi connectivity index (χ3n) is 3.25. The molecule has 0 aromatic rings. The minimum atomic E-state index is -0.879. The lowest BCUT2D eigenvalue weighted by Crippen LogP contribution is -2.50. The van der Waals surface area contributed by atoms with Crippen molar-refractivity contribution in [3.05, 3.63) is 0 Å². The summed E-state index contributed by atoms with van der Waals surface area (Å²) in [6.45, 7) is 1.36. The van der Waals surface area contributed by atoms with E-state index in [0.717, 1.165) is 17.3 Å². The first-order valence-electron chi connectivity index (χ1n) is 6.45. The van der Waals surface area contributed by atoms with Gasteiger partial charge in [-0.3, -0.25) is 9.59 Å². The van der Waals surface area contributed by atoms with Crippen LogP contribution in [0.2, 0.25) is 0 Å². The first kappa shape index (κ1) is 15.0. The van der Waals surface area contributed by atoms with Crippen molar-refractivity contribution in [2.24, 2.45) is 0 Å². The second-order valence-corrected chi connectivity index (χ2v) is 7.24. The number of carboxylic acids is 1. The van der Waals surface area contributed by atoms with E-state index >= 15 is 0 Å². The standard InChI is InChI=1S/C12H19NO4S2/c14-11(6-10-8-18-3-4-19-10)13-1-2-17-7-9(13)5-12(15)16/h9-10H,1-8H2,(H,15,16). The van der Waals surface area contributed by atoms with Crippen LogP contribution in [0.3, 0.4) is 0 Å². The van der Waals surface area contributed by atoms with Crippen molar-refractivity contribution in [2.45, 2.75) is 24.1 Å². The minimum absolute atomic E-state index is 0.0295. The number of ether oxygens (including phenoxy) is 1. The Morgan fingerprint density at radius 1 is 1.32 bits per heavy atom. The van der Waals surface area contributed by atoms with Crippen LogP contribution < -0.4 is 0 Å². The van der Waals surface area contributed by atoms with Crippen molar-refractivity contribution in [1.82, 2.24) is 4.90 Å². The predicted molar refractivity (Wildman–Crippen MR) is 76.8 cm³/mol. The second kappa shape index (κ2) is 7.40. The van der Waals surface area contributed by atoms with Crippen LogP contribution in [0.15, 0.2) is 0 Å². The van der Waals surface area contributed by atoms with E-state index in [1.807, 2.05) is 23.5 Å². The molecule has 0 aromatic heterocycles. The summed E-state index contributed by atoms with van der Waals surface area (Å²) in [6.07, 6.45) is 0.492. The first-order valence-corrected chi connectivity index (χ1v) is 8.65. The molecule has 1 N–H and O–H groups in total. The normalized spacial score (nSPS) is 28.1. The number of hydrogen-bond acceptors (Lipinski definition) is 5. The van der Waals surface area contributed by atoms with E-state index in [0.29, 0.717) is 31.4 Å². The average Bonchev–Trinajstić information content (AvgIpc) is 2.39. The lowest BCUT2D eigenvalue weighted by Gasteiger charge is -2.36. The molecule has 0 saturated carbocycles. The molecule has 5 nitrogen and oxygen atoms in total. The molecule has 2 saturated heterocycles. The zero-order valence-electron chi connectivity index (χ0n) is 10.7. The van der Waals surface area contributed by atoms with Gasteiger partial charge < -0.3 is 14.7 Å². The second-order valence-electron chi connectivity index (χ2n) is 4.69. The molecule has 2 unspecified atom stereocenters. The van der Waals surface area contributed by atoms with Gasteiger partial charge in [0.1, 0.15) is 0 Å². The van der Waals surface area contributed by atoms with Gasteiger partial charge in [-0.05, 0) is 0 Å². The molecule has 2 aliphatic rings. The Labute approximate surface area is 121 Å². The number of aliphatic carboxylic acids is 1. The topological polar surface area (TPSA) is 66.8 Å². The van der Waals surface area contributed by atoms with Crippen LogP contribution >= 0.6 is 23.5 Å². The molecule has 108 valence electrons. The van der Waals surface area contributed by atoms with E-state index in [1.165, 1.54) is 0 Å². The van der Waals surface area contributed by atoms with Crippen LogP contribution in [-0.2, 0) is 14.3 Å².